The van der Waals surface area contributed by atoms with Crippen molar-refractivity contribution in [1.82, 2.24) is 14.7 Å². The van der Waals surface area contributed by atoms with Crippen molar-refractivity contribution in [2.75, 3.05) is 7.05 Å². The summed E-state index contributed by atoms with van der Waals surface area (Å²) < 4.78 is 1.23. The van der Waals surface area contributed by atoms with Gasteiger partial charge >= 0.3 is 0 Å². The Bertz CT molecular complexity index is 963. The number of nitrogens with zero attached hydrogens (tertiary/aromatic N) is 3. The molecule has 0 radical (unpaired) electrons. The molecule has 0 atom stereocenters. The van der Waals surface area contributed by atoms with Gasteiger partial charge in [-0.05, 0) is 23.6 Å². The average Bonchev–Trinajstić information content (AvgIpc) is 2.70. The number of likely N-dealkylation sites (N-methyl/N-ethyl adjacent to an activating group) is 1. The summed E-state index contributed by atoms with van der Waals surface area (Å²) in [5, 5.41) is 4.38. The monoisotopic (exact) mass is 361 g/mol. The number of aromatic nitrogens is 2. The van der Waals surface area contributed by atoms with Crippen molar-refractivity contribution < 1.29 is 4.79 Å². The van der Waals surface area contributed by atoms with Crippen LogP contribution in [0.1, 0.15) is 18.1 Å². The maximum Gasteiger partial charge on any atom is 0.267 e. The lowest BCUT2D eigenvalue weighted by Gasteiger charge is -2.17. The molecule has 0 fully saturated rings. The van der Waals surface area contributed by atoms with Crippen LogP contribution in [0.4, 0.5) is 0 Å². The summed E-state index contributed by atoms with van der Waals surface area (Å²) in [6.07, 6.45) is 0.968. The lowest BCUT2D eigenvalue weighted by Crippen LogP contribution is -2.34. The van der Waals surface area contributed by atoms with Crippen molar-refractivity contribution in [2.45, 2.75) is 26.4 Å². The molecule has 0 unspecified atom stereocenters. The molecule has 0 aliphatic heterocycles. The lowest BCUT2D eigenvalue weighted by molar-refractivity contribution is -0.131. The molecule has 1 amide bonds. The van der Waals surface area contributed by atoms with E-state index >= 15 is 0 Å². The summed E-state index contributed by atoms with van der Waals surface area (Å²) in [5.41, 5.74) is 3.59. The summed E-state index contributed by atoms with van der Waals surface area (Å²) in [6.45, 7) is 2.51. The van der Waals surface area contributed by atoms with Crippen molar-refractivity contribution in [3.63, 3.8) is 0 Å². The first-order chi connectivity index (χ1) is 13.1. The van der Waals surface area contributed by atoms with Gasteiger partial charge in [-0.2, -0.15) is 5.10 Å². The number of benzene rings is 2. The molecule has 0 aliphatic rings. The van der Waals surface area contributed by atoms with Crippen molar-refractivity contribution in [1.29, 1.82) is 0 Å². The van der Waals surface area contributed by atoms with Gasteiger partial charge in [0.25, 0.3) is 5.56 Å². The Balaban J connectivity index is 1.75. The first-order valence-electron chi connectivity index (χ1n) is 9.02. The third-order valence-corrected chi connectivity index (χ3v) is 4.50. The first kappa shape index (κ1) is 18.6. The molecule has 0 bridgehead atoms. The van der Waals surface area contributed by atoms with Gasteiger partial charge in [0, 0.05) is 25.2 Å². The van der Waals surface area contributed by atoms with Gasteiger partial charge in [-0.1, -0.05) is 61.5 Å². The number of hydrogen-bond donors (Lipinski definition) is 0. The number of amides is 1. The van der Waals surface area contributed by atoms with Crippen LogP contribution < -0.4 is 5.56 Å². The largest absolute Gasteiger partial charge is 0.340 e. The minimum absolute atomic E-state index is 0.0803. The first-order valence-corrected chi connectivity index (χ1v) is 9.02. The zero-order valence-electron chi connectivity index (χ0n) is 15.6. The Hall–Kier alpha value is -3.21. The second-order valence-corrected chi connectivity index (χ2v) is 6.50. The van der Waals surface area contributed by atoms with Gasteiger partial charge in [-0.25, -0.2) is 4.68 Å². The van der Waals surface area contributed by atoms with E-state index in [4.69, 9.17) is 0 Å². The van der Waals surface area contributed by atoms with E-state index < -0.39 is 0 Å². The van der Waals surface area contributed by atoms with E-state index in [2.05, 4.69) is 12.0 Å². The molecule has 2 aromatic carbocycles. The van der Waals surface area contributed by atoms with Crippen molar-refractivity contribution in [2.24, 2.45) is 0 Å². The number of carbonyl (C=O) groups is 1. The fraction of sp³-hybridized carbons (Fsp3) is 0.227. The molecule has 0 aliphatic carbocycles. The fourth-order valence-corrected chi connectivity index (χ4v) is 2.82. The molecule has 1 heterocycles. The van der Waals surface area contributed by atoms with Gasteiger partial charge < -0.3 is 4.90 Å². The summed E-state index contributed by atoms with van der Waals surface area (Å²) in [6, 6.07) is 21.0. The molecule has 5 heteroatoms. The highest BCUT2D eigenvalue weighted by molar-refractivity contribution is 5.75. The van der Waals surface area contributed by atoms with Crippen LogP contribution in [-0.2, 0) is 24.3 Å². The molecule has 0 saturated heterocycles. The van der Waals surface area contributed by atoms with Crippen molar-refractivity contribution >= 4 is 5.91 Å². The number of carbonyl (C=O) groups excluding carboxylic acids is 1. The van der Waals surface area contributed by atoms with Gasteiger partial charge in [-0.15, -0.1) is 0 Å². The molecule has 27 heavy (non-hydrogen) atoms. The highest BCUT2D eigenvalue weighted by Gasteiger charge is 2.12. The fourth-order valence-electron chi connectivity index (χ4n) is 2.82. The summed E-state index contributed by atoms with van der Waals surface area (Å²) >= 11 is 0. The summed E-state index contributed by atoms with van der Waals surface area (Å²) in [5.74, 6) is -0.160. The van der Waals surface area contributed by atoms with E-state index in [0.717, 1.165) is 17.5 Å². The second-order valence-electron chi connectivity index (χ2n) is 6.50. The number of aryl methyl sites for hydroxylation is 1. The molecule has 0 N–H and O–H groups in total. The Morgan fingerprint density at radius 2 is 1.67 bits per heavy atom. The van der Waals surface area contributed by atoms with Crippen LogP contribution in [0.15, 0.2) is 71.5 Å². The highest BCUT2D eigenvalue weighted by atomic mass is 16.2. The predicted octanol–water partition coefficient (Wildman–Crippen LogP) is 3.13. The molecule has 0 saturated carbocycles. The number of rotatable bonds is 6. The Morgan fingerprint density at radius 1 is 0.963 bits per heavy atom. The third-order valence-electron chi connectivity index (χ3n) is 4.50. The second kappa shape index (κ2) is 8.45. The van der Waals surface area contributed by atoms with E-state index in [1.807, 2.05) is 54.6 Å². The van der Waals surface area contributed by atoms with Gasteiger partial charge in [0.15, 0.2) is 0 Å². The van der Waals surface area contributed by atoms with Gasteiger partial charge in [0.05, 0.1) is 5.69 Å². The Labute approximate surface area is 158 Å². The van der Waals surface area contributed by atoms with Crippen molar-refractivity contribution in [3.8, 4) is 11.3 Å². The Morgan fingerprint density at radius 3 is 2.33 bits per heavy atom. The molecule has 1 aromatic heterocycles. The molecular weight excluding hydrogens is 338 g/mol. The van der Waals surface area contributed by atoms with Crippen LogP contribution in [0, 0.1) is 0 Å². The summed E-state index contributed by atoms with van der Waals surface area (Å²) in [4.78, 5) is 26.3. The molecule has 3 rings (SSSR count). The van der Waals surface area contributed by atoms with E-state index in [9.17, 15) is 9.59 Å². The van der Waals surface area contributed by atoms with Crippen LogP contribution >= 0.6 is 0 Å². The average molecular weight is 361 g/mol. The van der Waals surface area contributed by atoms with Crippen LogP contribution in [0.5, 0.6) is 0 Å². The molecule has 0 spiro atoms. The van der Waals surface area contributed by atoms with E-state index in [0.29, 0.717) is 12.2 Å². The van der Waals surface area contributed by atoms with Crippen LogP contribution in [0.2, 0.25) is 0 Å². The minimum atomic E-state index is -0.287. The normalized spacial score (nSPS) is 10.6. The van der Waals surface area contributed by atoms with Crippen LogP contribution in [0.25, 0.3) is 11.3 Å². The maximum atomic E-state index is 12.5. The van der Waals surface area contributed by atoms with Gasteiger partial charge in [0.1, 0.15) is 6.54 Å². The van der Waals surface area contributed by atoms with Crippen LogP contribution in [-0.4, -0.2) is 27.6 Å². The quantitative estimate of drug-likeness (QED) is 0.678. The molecule has 138 valence electrons. The molecule has 5 nitrogen and oxygen atoms in total. The van der Waals surface area contributed by atoms with Gasteiger partial charge in [-0.3, -0.25) is 9.59 Å². The molecule has 3 aromatic rings. The predicted molar refractivity (Wildman–Crippen MR) is 106 cm³/mol. The topological polar surface area (TPSA) is 55.2 Å². The van der Waals surface area contributed by atoms with E-state index in [1.165, 1.54) is 16.3 Å². The zero-order valence-corrected chi connectivity index (χ0v) is 15.6. The van der Waals surface area contributed by atoms with E-state index in [-0.39, 0.29) is 18.0 Å². The summed E-state index contributed by atoms with van der Waals surface area (Å²) in [7, 11) is 1.73. The van der Waals surface area contributed by atoms with Gasteiger partial charge in [0.2, 0.25) is 5.91 Å². The zero-order chi connectivity index (χ0) is 19.2. The maximum absolute atomic E-state index is 12.5. The SMILES string of the molecule is CCc1ccc(-c2ccc(=O)n(CC(=O)N(C)Cc3ccccc3)n2)cc1. The Kier molecular flexibility index (Phi) is 5.81. The minimum Gasteiger partial charge on any atom is -0.340 e. The standard InChI is InChI=1S/C22H23N3O2/c1-3-17-9-11-19(12-10-17)20-13-14-21(26)25(23-20)16-22(27)24(2)15-18-7-5-4-6-8-18/h4-14H,3,15-16H2,1-2H3. The smallest absolute Gasteiger partial charge is 0.267 e. The van der Waals surface area contributed by atoms with Crippen LogP contribution in [0.3, 0.4) is 0 Å². The van der Waals surface area contributed by atoms with Crippen molar-refractivity contribution in [3.05, 3.63) is 88.2 Å². The van der Waals surface area contributed by atoms with E-state index in [1.54, 1.807) is 18.0 Å². The highest BCUT2D eigenvalue weighted by Crippen LogP contribution is 2.16. The lowest BCUT2D eigenvalue weighted by atomic mass is 10.1. The third kappa shape index (κ3) is 4.70. The molecular formula is C22H23N3O2. The number of hydrogen-bond acceptors (Lipinski definition) is 3.